The fourth-order valence-corrected chi connectivity index (χ4v) is 3.45. The number of carbonyl (C=O) groups excluding carboxylic acids is 2. The molecule has 1 aliphatic carbocycles. The smallest absolute Gasteiger partial charge is 0.410 e. The van der Waals surface area contributed by atoms with E-state index in [-0.39, 0.29) is 11.9 Å². The van der Waals surface area contributed by atoms with Crippen LogP contribution in [-0.2, 0) is 24.2 Å². The van der Waals surface area contributed by atoms with E-state index in [0.29, 0.717) is 25.2 Å². The van der Waals surface area contributed by atoms with Crippen molar-refractivity contribution in [2.45, 2.75) is 58.7 Å². The van der Waals surface area contributed by atoms with Gasteiger partial charge in [0.25, 0.3) is 0 Å². The highest BCUT2D eigenvalue weighted by Gasteiger charge is 2.33. The maximum atomic E-state index is 13.1. The molecule has 7 heteroatoms. The van der Waals surface area contributed by atoms with Crippen LogP contribution in [0.25, 0.3) is 0 Å². The number of carbonyl (C=O) groups is 2. The number of Topliss-reactive ketones (excluding diaryl/α,β-unsaturated/α-hetero) is 1. The molecule has 0 bridgehead atoms. The minimum Gasteiger partial charge on any atom is -0.444 e. The van der Waals surface area contributed by atoms with Gasteiger partial charge in [0, 0.05) is 32.4 Å². The van der Waals surface area contributed by atoms with Gasteiger partial charge in [0.05, 0.1) is 30.0 Å². The third-order valence-electron chi connectivity index (χ3n) is 4.50. The first-order valence-corrected chi connectivity index (χ1v) is 9.14. The van der Waals surface area contributed by atoms with Gasteiger partial charge in [-0.3, -0.25) is 9.48 Å². The van der Waals surface area contributed by atoms with Crippen molar-refractivity contribution in [3.05, 3.63) is 28.7 Å². The standard InChI is InChI=1S/C19H28N4O3/c1-19(2,3)26-18(25)22-9-10-23-15(12-22)16-14(20-23)8-6-7-13(17(16)24)11-21(4)5/h11H,6-10,12H2,1-5H3. The molecule has 0 spiro atoms. The maximum absolute atomic E-state index is 13.1. The van der Waals surface area contributed by atoms with Crippen LogP contribution in [-0.4, -0.2) is 57.7 Å². The van der Waals surface area contributed by atoms with Gasteiger partial charge in [-0.2, -0.15) is 5.10 Å². The molecule has 0 saturated heterocycles. The van der Waals surface area contributed by atoms with E-state index < -0.39 is 5.60 Å². The molecule has 0 atom stereocenters. The predicted molar refractivity (Wildman–Crippen MR) is 97.9 cm³/mol. The number of aromatic nitrogens is 2. The lowest BCUT2D eigenvalue weighted by Crippen LogP contribution is -2.42. The monoisotopic (exact) mass is 360 g/mol. The zero-order valence-electron chi connectivity index (χ0n) is 16.3. The summed E-state index contributed by atoms with van der Waals surface area (Å²) in [5, 5.41) is 4.66. The Kier molecular flexibility index (Phi) is 4.82. The molecule has 0 aromatic carbocycles. The number of ketones is 1. The Hall–Kier alpha value is -2.31. The van der Waals surface area contributed by atoms with E-state index in [2.05, 4.69) is 5.10 Å². The molecule has 0 fully saturated rings. The summed E-state index contributed by atoms with van der Waals surface area (Å²) in [6.45, 7) is 7.05. The largest absolute Gasteiger partial charge is 0.444 e. The lowest BCUT2D eigenvalue weighted by Gasteiger charge is -2.30. The molecular weight excluding hydrogens is 332 g/mol. The highest BCUT2D eigenvalue weighted by Crippen LogP contribution is 2.29. The first-order chi connectivity index (χ1) is 12.2. The van der Waals surface area contributed by atoms with Crippen molar-refractivity contribution in [1.29, 1.82) is 0 Å². The first kappa shape index (κ1) is 18.5. The van der Waals surface area contributed by atoms with Crippen LogP contribution in [0.1, 0.15) is 55.4 Å². The van der Waals surface area contributed by atoms with Crippen LogP contribution in [0.3, 0.4) is 0 Å². The maximum Gasteiger partial charge on any atom is 0.410 e. The van der Waals surface area contributed by atoms with Gasteiger partial charge in [-0.05, 0) is 40.0 Å². The number of nitrogens with zero attached hydrogens (tertiary/aromatic N) is 4. The van der Waals surface area contributed by atoms with Crippen molar-refractivity contribution in [2.24, 2.45) is 0 Å². The van der Waals surface area contributed by atoms with Gasteiger partial charge in [0.15, 0.2) is 5.78 Å². The molecular formula is C19H28N4O3. The molecule has 7 nitrogen and oxygen atoms in total. The van der Waals surface area contributed by atoms with Gasteiger partial charge >= 0.3 is 6.09 Å². The van der Waals surface area contributed by atoms with Gasteiger partial charge in [-0.1, -0.05) is 0 Å². The van der Waals surface area contributed by atoms with E-state index in [9.17, 15) is 9.59 Å². The fraction of sp³-hybridized carbons (Fsp3) is 0.632. The third kappa shape index (κ3) is 3.76. The second-order valence-electron chi connectivity index (χ2n) is 8.19. The number of amides is 1. The second kappa shape index (κ2) is 6.78. The van der Waals surface area contributed by atoms with Crippen LogP contribution in [0, 0.1) is 0 Å². The van der Waals surface area contributed by atoms with Crippen LogP contribution in [0.5, 0.6) is 0 Å². The van der Waals surface area contributed by atoms with Crippen molar-refractivity contribution in [1.82, 2.24) is 19.6 Å². The molecule has 0 radical (unpaired) electrons. The number of allylic oxidation sites excluding steroid dienone is 1. The SMILES string of the molecule is CN(C)C=C1CCCc2nn3c(c2C1=O)CN(C(=O)OC(C)(C)C)CC3. The van der Waals surface area contributed by atoms with Crippen LogP contribution < -0.4 is 0 Å². The normalized spacial score (nSPS) is 19.0. The number of fused-ring (bicyclic) bond motifs is 3. The van der Waals surface area contributed by atoms with Gasteiger partial charge in [0.1, 0.15) is 5.60 Å². The minimum absolute atomic E-state index is 0.0403. The second-order valence-corrected chi connectivity index (χ2v) is 8.19. The molecule has 2 heterocycles. The Labute approximate surface area is 154 Å². The quantitative estimate of drug-likeness (QED) is 0.569. The van der Waals surface area contributed by atoms with Crippen LogP contribution in [0.2, 0.25) is 0 Å². The molecule has 1 aliphatic heterocycles. The van der Waals surface area contributed by atoms with Crippen molar-refractivity contribution in [3.8, 4) is 0 Å². The van der Waals surface area contributed by atoms with Crippen molar-refractivity contribution in [2.75, 3.05) is 20.6 Å². The van der Waals surface area contributed by atoms with E-state index in [1.807, 2.05) is 50.6 Å². The number of aryl methyl sites for hydroxylation is 1. The number of rotatable bonds is 1. The highest BCUT2D eigenvalue weighted by atomic mass is 16.6. The van der Waals surface area contributed by atoms with E-state index in [0.717, 1.165) is 36.2 Å². The van der Waals surface area contributed by atoms with Gasteiger partial charge in [0.2, 0.25) is 0 Å². The predicted octanol–water partition coefficient (Wildman–Crippen LogP) is 2.60. The fourth-order valence-electron chi connectivity index (χ4n) is 3.45. The lowest BCUT2D eigenvalue weighted by molar-refractivity contribution is 0.0193. The Morgan fingerprint density at radius 1 is 1.23 bits per heavy atom. The van der Waals surface area contributed by atoms with E-state index in [4.69, 9.17) is 4.74 Å². The highest BCUT2D eigenvalue weighted by molar-refractivity contribution is 6.10. The summed E-state index contributed by atoms with van der Waals surface area (Å²) in [4.78, 5) is 29.1. The van der Waals surface area contributed by atoms with E-state index in [1.165, 1.54) is 0 Å². The lowest BCUT2D eigenvalue weighted by atomic mass is 10.0. The van der Waals surface area contributed by atoms with Gasteiger partial charge in [-0.25, -0.2) is 4.79 Å². The molecule has 0 N–H and O–H groups in total. The zero-order chi connectivity index (χ0) is 19.1. The summed E-state index contributed by atoms with van der Waals surface area (Å²) >= 11 is 0. The molecule has 0 saturated carbocycles. The Balaban J connectivity index is 1.91. The minimum atomic E-state index is -0.539. The molecule has 0 unspecified atom stereocenters. The van der Waals surface area contributed by atoms with Crippen molar-refractivity contribution >= 4 is 11.9 Å². The topological polar surface area (TPSA) is 67.7 Å². The van der Waals surface area contributed by atoms with Crippen LogP contribution >= 0.6 is 0 Å². The summed E-state index contributed by atoms with van der Waals surface area (Å²) < 4.78 is 7.38. The van der Waals surface area contributed by atoms with Crippen LogP contribution in [0.4, 0.5) is 4.79 Å². The van der Waals surface area contributed by atoms with Gasteiger partial charge < -0.3 is 14.5 Å². The summed E-state index contributed by atoms with van der Waals surface area (Å²) in [6.07, 6.45) is 4.01. The number of hydrogen-bond acceptors (Lipinski definition) is 5. The molecule has 1 amide bonds. The van der Waals surface area contributed by atoms with E-state index in [1.54, 1.807) is 4.90 Å². The Morgan fingerprint density at radius 2 is 1.96 bits per heavy atom. The molecule has 1 aromatic rings. The molecule has 26 heavy (non-hydrogen) atoms. The average Bonchev–Trinajstić information content (AvgIpc) is 2.81. The summed E-state index contributed by atoms with van der Waals surface area (Å²) in [6, 6.07) is 0. The molecule has 3 rings (SSSR count). The third-order valence-corrected chi connectivity index (χ3v) is 4.50. The van der Waals surface area contributed by atoms with Crippen molar-refractivity contribution in [3.63, 3.8) is 0 Å². The summed E-state index contributed by atoms with van der Waals surface area (Å²) in [7, 11) is 3.84. The summed E-state index contributed by atoms with van der Waals surface area (Å²) in [5.41, 5.74) is 2.64. The number of hydrogen-bond donors (Lipinski definition) is 0. The average molecular weight is 360 g/mol. The Bertz CT molecular complexity index is 756. The Morgan fingerprint density at radius 3 is 2.62 bits per heavy atom. The van der Waals surface area contributed by atoms with Gasteiger partial charge in [-0.15, -0.1) is 0 Å². The van der Waals surface area contributed by atoms with Crippen LogP contribution in [0.15, 0.2) is 11.8 Å². The van der Waals surface area contributed by atoms with Crippen molar-refractivity contribution < 1.29 is 14.3 Å². The molecule has 142 valence electrons. The zero-order valence-corrected chi connectivity index (χ0v) is 16.3. The first-order valence-electron chi connectivity index (χ1n) is 9.14. The molecule has 1 aromatic heterocycles. The van der Waals surface area contributed by atoms with E-state index >= 15 is 0 Å². The molecule has 2 aliphatic rings. The summed E-state index contributed by atoms with van der Waals surface area (Å²) in [5.74, 6) is 0.0403. The number of ether oxygens (including phenoxy) is 1.